The van der Waals surface area contributed by atoms with Crippen molar-refractivity contribution in [1.82, 2.24) is 9.88 Å². The Kier molecular flexibility index (Phi) is 5.77. The van der Waals surface area contributed by atoms with Crippen molar-refractivity contribution in [1.29, 1.82) is 0 Å². The van der Waals surface area contributed by atoms with Crippen molar-refractivity contribution in [3.05, 3.63) is 102 Å². The van der Waals surface area contributed by atoms with Crippen LogP contribution in [0.1, 0.15) is 17.2 Å². The molecule has 0 spiro atoms. The number of nitrogens with zero attached hydrogens (tertiary/aromatic N) is 1. The number of hydrogen-bond acceptors (Lipinski definition) is 2. The Bertz CT molecular complexity index is 1160. The lowest BCUT2D eigenvalue weighted by Crippen LogP contribution is -2.34. The van der Waals surface area contributed by atoms with E-state index in [9.17, 15) is 14.3 Å². The highest BCUT2D eigenvalue weighted by Crippen LogP contribution is 2.22. The van der Waals surface area contributed by atoms with Gasteiger partial charge in [0.05, 0.1) is 24.7 Å². The first kappa shape index (κ1) is 19.7. The van der Waals surface area contributed by atoms with Crippen molar-refractivity contribution >= 4 is 22.6 Å². The van der Waals surface area contributed by atoms with Crippen molar-refractivity contribution in [2.24, 2.45) is 0 Å². The van der Waals surface area contributed by atoms with Crippen LogP contribution in [-0.2, 0) is 6.54 Å². The summed E-state index contributed by atoms with van der Waals surface area (Å²) in [5, 5.41) is 16.2. The molecule has 0 radical (unpaired) electrons. The third-order valence-corrected chi connectivity index (χ3v) is 5.02. The second kappa shape index (κ2) is 8.80. The summed E-state index contributed by atoms with van der Waals surface area (Å²) in [4.78, 5) is 12.5. The third-order valence-electron chi connectivity index (χ3n) is 5.02. The van der Waals surface area contributed by atoms with Gasteiger partial charge in [-0.1, -0.05) is 54.6 Å². The van der Waals surface area contributed by atoms with Gasteiger partial charge in [0.25, 0.3) is 0 Å². The number of aliphatic hydroxyl groups excluding tert-OH is 1. The molecular formula is C24H22FN3O2. The van der Waals surface area contributed by atoms with Gasteiger partial charge in [-0.05, 0) is 35.2 Å². The number of urea groups is 1. The van der Waals surface area contributed by atoms with Crippen LogP contribution in [0.2, 0.25) is 0 Å². The average Bonchev–Trinajstić information content (AvgIpc) is 3.16. The Labute approximate surface area is 173 Å². The van der Waals surface area contributed by atoms with E-state index in [1.165, 1.54) is 6.07 Å². The fourth-order valence-corrected chi connectivity index (χ4v) is 3.45. The van der Waals surface area contributed by atoms with Crippen molar-refractivity contribution < 1.29 is 14.3 Å². The number of hydrogen-bond donors (Lipinski definition) is 3. The molecule has 0 aliphatic heterocycles. The Hall–Kier alpha value is -3.64. The zero-order valence-electron chi connectivity index (χ0n) is 16.3. The van der Waals surface area contributed by atoms with Crippen LogP contribution in [-0.4, -0.2) is 22.3 Å². The van der Waals surface area contributed by atoms with Crippen molar-refractivity contribution in [2.45, 2.75) is 12.6 Å². The van der Waals surface area contributed by atoms with Gasteiger partial charge in [0, 0.05) is 17.4 Å². The lowest BCUT2D eigenvalue weighted by molar-refractivity contribution is 0.225. The molecule has 0 aliphatic carbocycles. The van der Waals surface area contributed by atoms with E-state index in [0.717, 1.165) is 16.5 Å². The van der Waals surface area contributed by atoms with Crippen LogP contribution >= 0.6 is 0 Å². The fourth-order valence-electron chi connectivity index (χ4n) is 3.45. The van der Waals surface area contributed by atoms with Crippen LogP contribution in [0, 0.1) is 5.82 Å². The molecule has 152 valence electrons. The second-order valence-electron chi connectivity index (χ2n) is 7.05. The maximum absolute atomic E-state index is 14.0. The number of nitrogens with one attached hydrogen (secondary N) is 2. The van der Waals surface area contributed by atoms with Gasteiger partial charge in [-0.3, -0.25) is 0 Å². The Balaban J connectivity index is 1.50. The van der Waals surface area contributed by atoms with Crippen LogP contribution in [0.5, 0.6) is 0 Å². The number of benzene rings is 3. The molecule has 1 atom stereocenters. The number of carbonyl (C=O) groups excluding carboxylic acids is 1. The summed E-state index contributed by atoms with van der Waals surface area (Å²) in [6.07, 6.45) is 1.90. The van der Waals surface area contributed by atoms with Crippen LogP contribution < -0.4 is 10.6 Å². The summed E-state index contributed by atoms with van der Waals surface area (Å²) >= 11 is 0. The highest BCUT2D eigenvalue weighted by atomic mass is 19.1. The van der Waals surface area contributed by atoms with E-state index in [-0.39, 0.29) is 12.4 Å². The molecule has 1 aromatic heterocycles. The van der Waals surface area contributed by atoms with E-state index in [2.05, 4.69) is 10.6 Å². The van der Waals surface area contributed by atoms with Gasteiger partial charge in [-0.15, -0.1) is 0 Å². The highest BCUT2D eigenvalue weighted by molar-refractivity contribution is 5.93. The van der Waals surface area contributed by atoms with Gasteiger partial charge >= 0.3 is 6.03 Å². The lowest BCUT2D eigenvalue weighted by Gasteiger charge is -2.17. The van der Waals surface area contributed by atoms with Crippen molar-refractivity contribution in [3.8, 4) is 0 Å². The number of aliphatic hydroxyl groups is 1. The number of amides is 2. The van der Waals surface area contributed by atoms with Gasteiger partial charge in [0.1, 0.15) is 5.82 Å². The highest BCUT2D eigenvalue weighted by Gasteiger charge is 2.14. The van der Waals surface area contributed by atoms with E-state index in [4.69, 9.17) is 0 Å². The fraction of sp³-hybridized carbons (Fsp3) is 0.125. The minimum Gasteiger partial charge on any atom is -0.394 e. The molecule has 6 heteroatoms. The van der Waals surface area contributed by atoms with E-state index in [0.29, 0.717) is 17.8 Å². The first-order chi connectivity index (χ1) is 14.6. The van der Waals surface area contributed by atoms with Gasteiger partial charge in [0.2, 0.25) is 0 Å². The topological polar surface area (TPSA) is 66.3 Å². The van der Waals surface area contributed by atoms with Crippen LogP contribution in [0.25, 0.3) is 10.9 Å². The molecule has 30 heavy (non-hydrogen) atoms. The predicted octanol–water partition coefficient (Wildman–Crippen LogP) is 4.68. The normalized spacial score (nSPS) is 11.9. The molecule has 0 saturated carbocycles. The zero-order valence-corrected chi connectivity index (χ0v) is 16.3. The summed E-state index contributed by atoms with van der Waals surface area (Å²) < 4.78 is 16.0. The largest absolute Gasteiger partial charge is 0.394 e. The maximum Gasteiger partial charge on any atom is 0.319 e. The number of fused-ring (bicyclic) bond motifs is 1. The third kappa shape index (κ3) is 4.34. The van der Waals surface area contributed by atoms with E-state index in [1.807, 2.05) is 71.4 Å². The van der Waals surface area contributed by atoms with Crippen molar-refractivity contribution in [3.63, 3.8) is 0 Å². The summed E-state index contributed by atoms with van der Waals surface area (Å²) in [5.41, 5.74) is 2.92. The van der Waals surface area contributed by atoms with Gasteiger partial charge < -0.3 is 20.3 Å². The number of rotatable bonds is 6. The molecule has 0 fully saturated rings. The number of aromatic nitrogens is 1. The molecule has 0 unspecified atom stereocenters. The molecular weight excluding hydrogens is 381 g/mol. The molecule has 0 saturated heterocycles. The molecule has 4 rings (SSSR count). The molecule has 1 heterocycles. The second-order valence-corrected chi connectivity index (χ2v) is 7.05. The van der Waals surface area contributed by atoms with E-state index in [1.54, 1.807) is 12.1 Å². The summed E-state index contributed by atoms with van der Waals surface area (Å²) in [6.45, 7) is 0.189. The Morgan fingerprint density at radius 3 is 2.53 bits per heavy atom. The van der Waals surface area contributed by atoms with Crippen molar-refractivity contribution in [2.75, 3.05) is 11.9 Å². The quantitative estimate of drug-likeness (QED) is 0.437. The first-order valence-electron chi connectivity index (χ1n) is 9.69. The number of carbonyl (C=O) groups is 1. The van der Waals surface area contributed by atoms with Crippen LogP contribution in [0.4, 0.5) is 14.9 Å². The monoisotopic (exact) mass is 403 g/mol. The minimum absolute atomic E-state index is 0.206. The van der Waals surface area contributed by atoms with Gasteiger partial charge in [0.15, 0.2) is 0 Å². The molecule has 5 nitrogen and oxygen atoms in total. The molecule has 2 amide bonds. The molecule has 0 aliphatic rings. The minimum atomic E-state index is -0.500. The SMILES string of the molecule is O=C(Nc1ccc2ccn(Cc3ccccc3F)c2c1)N[C@H](CO)c1ccccc1. The van der Waals surface area contributed by atoms with Crippen LogP contribution in [0.15, 0.2) is 85.1 Å². The standard InChI is InChI=1S/C24H22FN3O2/c25-21-9-5-4-8-19(21)15-28-13-12-18-10-11-20(14-23(18)28)26-24(30)27-22(16-29)17-6-2-1-3-7-17/h1-14,22,29H,15-16H2,(H2,26,27,30)/t22-/m1/s1. The lowest BCUT2D eigenvalue weighted by atomic mass is 10.1. The molecule has 3 aromatic carbocycles. The smallest absolute Gasteiger partial charge is 0.319 e. The maximum atomic E-state index is 14.0. The Morgan fingerprint density at radius 2 is 1.77 bits per heavy atom. The van der Waals surface area contributed by atoms with E-state index < -0.39 is 12.1 Å². The number of halogens is 1. The summed E-state index contributed by atoms with van der Waals surface area (Å²) in [5.74, 6) is -0.246. The molecule has 4 aromatic rings. The average molecular weight is 403 g/mol. The van der Waals surface area contributed by atoms with E-state index >= 15 is 0 Å². The predicted molar refractivity (Wildman–Crippen MR) is 116 cm³/mol. The Morgan fingerprint density at radius 1 is 1.00 bits per heavy atom. The van der Waals surface area contributed by atoms with Gasteiger partial charge in [-0.25, -0.2) is 9.18 Å². The molecule has 3 N–H and O–H groups in total. The summed E-state index contributed by atoms with van der Waals surface area (Å²) in [6, 6.07) is 22.6. The van der Waals surface area contributed by atoms with Crippen LogP contribution in [0.3, 0.4) is 0 Å². The van der Waals surface area contributed by atoms with Gasteiger partial charge in [-0.2, -0.15) is 0 Å². The zero-order chi connectivity index (χ0) is 20.9. The summed E-state index contributed by atoms with van der Waals surface area (Å²) in [7, 11) is 0. The molecule has 0 bridgehead atoms. The number of anilines is 1. The first-order valence-corrected chi connectivity index (χ1v) is 9.69.